The second-order valence-electron chi connectivity index (χ2n) is 8.23. The van der Waals surface area contributed by atoms with E-state index in [1.165, 1.54) is 22.9 Å². The fourth-order valence-electron chi connectivity index (χ4n) is 3.94. The molecule has 4 rings (SSSR count). The zero-order chi connectivity index (χ0) is 27.8. The minimum atomic E-state index is -5.42. The zero-order valence-electron chi connectivity index (χ0n) is 20.0. The second-order valence-corrected chi connectivity index (χ2v) is 9.10. The van der Waals surface area contributed by atoms with Gasteiger partial charge in [0.05, 0.1) is 18.5 Å². The number of carbonyl (C=O) groups excluding carboxylic acids is 3. The largest absolute Gasteiger partial charge is 0.491 e. The van der Waals surface area contributed by atoms with Crippen LogP contribution in [0, 0.1) is 6.92 Å². The standard InChI is InChI=1S/C22H21F3N6O6S/c1-11-7-14(29-8-12(9-29)31(36-2)15(32)3-4-26)28-18-16(11)17(33)13(10-30(18)21-27-5-6-38-21)19(34)37-20(35)22(23,24)25/h5-7,10,12H,3-4,8-9,26H2,1-2H3. The van der Waals surface area contributed by atoms with Crippen LogP contribution >= 0.6 is 11.3 Å². The highest BCUT2D eigenvalue weighted by molar-refractivity contribution is 7.12. The Morgan fingerprint density at radius 2 is 2.00 bits per heavy atom. The van der Waals surface area contributed by atoms with Gasteiger partial charge in [-0.15, -0.1) is 11.3 Å². The van der Waals surface area contributed by atoms with Gasteiger partial charge in [0.15, 0.2) is 10.8 Å². The topological polar surface area (TPSA) is 150 Å². The smallest absolute Gasteiger partial charge is 0.382 e. The third-order valence-corrected chi connectivity index (χ3v) is 6.49. The number of anilines is 1. The molecular weight excluding hydrogens is 533 g/mol. The number of hydrogen-bond donors (Lipinski definition) is 1. The summed E-state index contributed by atoms with van der Waals surface area (Å²) in [5.74, 6) is -4.31. The van der Waals surface area contributed by atoms with Gasteiger partial charge in [-0.2, -0.15) is 13.2 Å². The van der Waals surface area contributed by atoms with Crippen molar-refractivity contribution in [1.29, 1.82) is 0 Å². The van der Waals surface area contributed by atoms with Crippen LogP contribution in [0.5, 0.6) is 0 Å². The van der Waals surface area contributed by atoms with Crippen LogP contribution in [-0.4, -0.2) is 76.4 Å². The van der Waals surface area contributed by atoms with E-state index in [9.17, 15) is 32.3 Å². The minimum Gasteiger partial charge on any atom is -0.382 e. The molecular formula is C22H21F3N6O6S. The molecule has 1 amide bonds. The molecule has 16 heteroatoms. The molecule has 1 saturated heterocycles. The molecule has 2 N–H and O–H groups in total. The predicted molar refractivity (Wildman–Crippen MR) is 128 cm³/mol. The number of halogens is 3. The Morgan fingerprint density at radius 3 is 2.58 bits per heavy atom. The Hall–Kier alpha value is -3.89. The van der Waals surface area contributed by atoms with Crippen LogP contribution in [0.4, 0.5) is 19.0 Å². The lowest BCUT2D eigenvalue weighted by molar-refractivity contribution is -0.193. The average Bonchev–Trinajstić information content (AvgIpc) is 3.35. The fraction of sp³-hybridized carbons (Fsp3) is 0.364. The van der Waals surface area contributed by atoms with Gasteiger partial charge in [-0.3, -0.25) is 19.0 Å². The van der Waals surface area contributed by atoms with E-state index in [2.05, 4.69) is 14.7 Å². The van der Waals surface area contributed by atoms with Crippen molar-refractivity contribution in [2.45, 2.75) is 25.6 Å². The van der Waals surface area contributed by atoms with Crippen LogP contribution < -0.4 is 16.1 Å². The Kier molecular flexibility index (Phi) is 7.48. The highest BCUT2D eigenvalue weighted by Gasteiger charge is 2.43. The van der Waals surface area contributed by atoms with E-state index in [4.69, 9.17) is 10.6 Å². The number of thiazole rings is 1. The molecule has 0 saturated carbocycles. The van der Waals surface area contributed by atoms with Crippen LogP contribution in [0.3, 0.4) is 0 Å². The first-order chi connectivity index (χ1) is 18.0. The number of hydroxylamine groups is 2. The summed E-state index contributed by atoms with van der Waals surface area (Å²) in [4.78, 5) is 64.8. The molecule has 1 aliphatic rings. The predicted octanol–water partition coefficient (Wildman–Crippen LogP) is 1.32. The van der Waals surface area contributed by atoms with Crippen molar-refractivity contribution in [3.8, 4) is 5.13 Å². The van der Waals surface area contributed by atoms with Crippen LogP contribution in [-0.2, 0) is 19.2 Å². The van der Waals surface area contributed by atoms with Crippen LogP contribution in [0.15, 0.2) is 28.6 Å². The molecule has 1 fully saturated rings. The van der Waals surface area contributed by atoms with E-state index < -0.39 is 29.1 Å². The van der Waals surface area contributed by atoms with Crippen LogP contribution in [0.1, 0.15) is 22.3 Å². The van der Waals surface area contributed by atoms with E-state index in [0.29, 0.717) is 24.5 Å². The molecule has 38 heavy (non-hydrogen) atoms. The summed E-state index contributed by atoms with van der Waals surface area (Å²) in [6.45, 7) is 2.48. The van der Waals surface area contributed by atoms with Crippen LogP contribution in [0.25, 0.3) is 16.2 Å². The lowest BCUT2D eigenvalue weighted by atomic mass is 10.1. The maximum Gasteiger partial charge on any atom is 0.491 e. The molecule has 1 aliphatic heterocycles. The van der Waals surface area contributed by atoms with Crippen molar-refractivity contribution in [2.75, 3.05) is 31.6 Å². The molecule has 202 valence electrons. The van der Waals surface area contributed by atoms with Crippen molar-refractivity contribution < 1.29 is 37.1 Å². The first-order valence-electron chi connectivity index (χ1n) is 11.1. The molecule has 4 heterocycles. The van der Waals surface area contributed by atoms with Gasteiger partial charge in [-0.25, -0.2) is 24.6 Å². The van der Waals surface area contributed by atoms with Gasteiger partial charge in [0.2, 0.25) is 11.3 Å². The monoisotopic (exact) mass is 554 g/mol. The summed E-state index contributed by atoms with van der Waals surface area (Å²) < 4.78 is 43.0. The maximum atomic E-state index is 13.2. The number of amides is 1. The quantitative estimate of drug-likeness (QED) is 0.257. The number of ether oxygens (including phenoxy) is 1. The molecule has 0 radical (unpaired) electrons. The zero-order valence-corrected chi connectivity index (χ0v) is 20.8. The highest BCUT2D eigenvalue weighted by atomic mass is 32.1. The Balaban J connectivity index is 1.74. The number of carbonyl (C=O) groups is 3. The van der Waals surface area contributed by atoms with Crippen molar-refractivity contribution in [3.63, 3.8) is 0 Å². The van der Waals surface area contributed by atoms with E-state index in [1.54, 1.807) is 18.4 Å². The summed E-state index contributed by atoms with van der Waals surface area (Å²) in [5.41, 5.74) is 4.16. The van der Waals surface area contributed by atoms with Crippen molar-refractivity contribution in [1.82, 2.24) is 19.6 Å². The Labute approximate surface area is 216 Å². The lowest BCUT2D eigenvalue weighted by Crippen LogP contribution is -2.61. The first kappa shape index (κ1) is 27.2. The summed E-state index contributed by atoms with van der Waals surface area (Å²) in [5, 5.41) is 3.06. The molecule has 0 aliphatic carbocycles. The molecule has 0 bridgehead atoms. The number of aromatic nitrogens is 3. The molecule has 0 aromatic carbocycles. The van der Waals surface area contributed by atoms with Gasteiger partial charge in [0, 0.05) is 43.8 Å². The van der Waals surface area contributed by atoms with Crippen LogP contribution in [0.2, 0.25) is 0 Å². The highest BCUT2D eigenvalue weighted by Crippen LogP contribution is 2.28. The molecule has 0 spiro atoms. The third-order valence-electron chi connectivity index (χ3n) is 5.72. The number of nitrogens with zero attached hydrogens (tertiary/aromatic N) is 5. The fourth-order valence-corrected chi connectivity index (χ4v) is 4.56. The number of esters is 2. The summed E-state index contributed by atoms with van der Waals surface area (Å²) >= 11 is 1.12. The van der Waals surface area contributed by atoms with Gasteiger partial charge in [-0.05, 0) is 18.6 Å². The maximum absolute atomic E-state index is 13.2. The lowest BCUT2D eigenvalue weighted by Gasteiger charge is -2.44. The van der Waals surface area contributed by atoms with Gasteiger partial charge in [0.1, 0.15) is 11.4 Å². The number of aryl methyl sites for hydroxylation is 1. The summed E-state index contributed by atoms with van der Waals surface area (Å²) in [7, 11) is 1.38. The number of pyridine rings is 2. The number of fused-ring (bicyclic) bond motifs is 1. The van der Waals surface area contributed by atoms with Crippen molar-refractivity contribution in [3.05, 3.63) is 45.2 Å². The minimum absolute atomic E-state index is 0.0634. The Bertz CT molecular complexity index is 1450. The van der Waals surface area contributed by atoms with Gasteiger partial charge >= 0.3 is 18.1 Å². The third kappa shape index (κ3) is 5.09. The van der Waals surface area contributed by atoms with E-state index in [-0.39, 0.29) is 41.1 Å². The van der Waals surface area contributed by atoms with E-state index in [0.717, 1.165) is 17.5 Å². The van der Waals surface area contributed by atoms with Gasteiger partial charge < -0.3 is 15.4 Å². The molecule has 3 aromatic heterocycles. The summed E-state index contributed by atoms with van der Waals surface area (Å²) in [6.07, 6.45) is -2.90. The first-order valence-corrected chi connectivity index (χ1v) is 12.0. The van der Waals surface area contributed by atoms with E-state index in [1.807, 2.05) is 4.90 Å². The number of alkyl halides is 3. The summed E-state index contributed by atoms with van der Waals surface area (Å²) in [6, 6.07) is 1.31. The number of hydrogen-bond acceptors (Lipinski definition) is 11. The van der Waals surface area contributed by atoms with Crippen molar-refractivity contribution in [2.24, 2.45) is 5.73 Å². The Morgan fingerprint density at radius 1 is 1.29 bits per heavy atom. The molecule has 0 unspecified atom stereocenters. The van der Waals surface area contributed by atoms with Gasteiger partial charge in [0.25, 0.3) is 0 Å². The molecule has 0 atom stereocenters. The van der Waals surface area contributed by atoms with Crippen molar-refractivity contribution >= 4 is 46.0 Å². The number of rotatable bonds is 7. The molecule has 3 aromatic rings. The number of nitrogens with two attached hydrogens (primary N) is 1. The second kappa shape index (κ2) is 10.5. The SMILES string of the molecule is CON(C(=O)CCN)C1CN(c2cc(C)c3c(=O)c(C(=O)OC(=O)C(F)(F)F)cn(-c4nccs4)c3n2)C1. The normalized spacial score (nSPS) is 13.9. The van der Waals surface area contributed by atoms with E-state index >= 15 is 0 Å². The molecule has 12 nitrogen and oxygen atoms in total. The average molecular weight is 555 g/mol. The van der Waals surface area contributed by atoms with Gasteiger partial charge in [-0.1, -0.05) is 0 Å².